The summed E-state index contributed by atoms with van der Waals surface area (Å²) in [6, 6.07) is 5.65. The van der Waals surface area contributed by atoms with E-state index in [1.165, 1.54) is 50.0 Å². The molecule has 0 radical (unpaired) electrons. The highest BCUT2D eigenvalue weighted by Gasteiger charge is 2.35. The molecule has 3 nitrogen and oxygen atoms in total. The van der Waals surface area contributed by atoms with Crippen molar-refractivity contribution in [3.05, 3.63) is 24.0 Å². The molecule has 2 aliphatic rings. The maximum atomic E-state index is 4.71. The van der Waals surface area contributed by atoms with Crippen LogP contribution in [0.2, 0.25) is 0 Å². The second kappa shape index (κ2) is 6.13. The lowest BCUT2D eigenvalue weighted by atomic mass is 9.91. The minimum Gasteiger partial charge on any atom is -0.367 e. The molecule has 0 bridgehead atoms. The Balaban J connectivity index is 1.76. The Bertz CT molecular complexity index is 424. The van der Waals surface area contributed by atoms with Gasteiger partial charge in [0.1, 0.15) is 0 Å². The molecule has 1 saturated heterocycles. The van der Waals surface area contributed by atoms with Crippen LogP contribution in [0.25, 0.3) is 0 Å². The summed E-state index contributed by atoms with van der Waals surface area (Å²) >= 11 is 0. The monoisotopic (exact) mass is 273 g/mol. The number of aromatic nitrogens is 1. The highest BCUT2D eigenvalue weighted by Crippen LogP contribution is 2.38. The number of hydrogen-bond acceptors (Lipinski definition) is 3. The molecule has 1 saturated carbocycles. The van der Waals surface area contributed by atoms with Gasteiger partial charge in [-0.25, -0.2) is 0 Å². The predicted molar refractivity (Wildman–Crippen MR) is 84.0 cm³/mol. The summed E-state index contributed by atoms with van der Waals surface area (Å²) in [5, 5.41) is 3.33. The number of nitrogens with zero attached hydrogens (tertiary/aromatic N) is 2. The van der Waals surface area contributed by atoms with Gasteiger partial charge in [-0.15, -0.1) is 0 Å². The average Bonchev–Trinajstić information content (AvgIpc) is 2.98. The Morgan fingerprint density at radius 2 is 2.15 bits per heavy atom. The van der Waals surface area contributed by atoms with Gasteiger partial charge in [0, 0.05) is 18.6 Å². The molecule has 3 heteroatoms. The van der Waals surface area contributed by atoms with E-state index in [4.69, 9.17) is 4.98 Å². The zero-order valence-corrected chi connectivity index (χ0v) is 12.8. The van der Waals surface area contributed by atoms with Crippen molar-refractivity contribution in [2.75, 3.05) is 18.5 Å². The van der Waals surface area contributed by atoms with Crippen molar-refractivity contribution in [2.24, 2.45) is 5.92 Å². The van der Waals surface area contributed by atoms with Crippen LogP contribution in [0.1, 0.15) is 57.2 Å². The van der Waals surface area contributed by atoms with Crippen LogP contribution in [-0.2, 0) is 0 Å². The van der Waals surface area contributed by atoms with Crippen molar-refractivity contribution in [1.82, 2.24) is 10.3 Å². The Labute approximate surface area is 122 Å². The molecule has 20 heavy (non-hydrogen) atoms. The summed E-state index contributed by atoms with van der Waals surface area (Å²) in [5.74, 6) is 0.934. The van der Waals surface area contributed by atoms with Crippen molar-refractivity contribution in [2.45, 2.75) is 57.5 Å². The lowest BCUT2D eigenvalue weighted by Crippen LogP contribution is -2.42. The third-order valence-electron chi connectivity index (χ3n) is 5.21. The first-order valence-electron chi connectivity index (χ1n) is 8.23. The van der Waals surface area contributed by atoms with Crippen LogP contribution >= 0.6 is 0 Å². The third kappa shape index (κ3) is 2.56. The number of rotatable bonds is 4. The van der Waals surface area contributed by atoms with Crippen LogP contribution in [0.3, 0.4) is 0 Å². The van der Waals surface area contributed by atoms with Crippen LogP contribution in [0, 0.1) is 5.92 Å². The summed E-state index contributed by atoms with van der Waals surface area (Å²) in [7, 11) is 2.01. The molecule has 1 N–H and O–H groups in total. The summed E-state index contributed by atoms with van der Waals surface area (Å²) in [4.78, 5) is 7.33. The quantitative estimate of drug-likeness (QED) is 0.909. The van der Waals surface area contributed by atoms with Gasteiger partial charge in [0.25, 0.3) is 0 Å². The first-order chi connectivity index (χ1) is 9.83. The number of anilines is 1. The Morgan fingerprint density at radius 1 is 1.30 bits per heavy atom. The number of pyridine rings is 1. The average molecular weight is 273 g/mol. The van der Waals surface area contributed by atoms with E-state index in [2.05, 4.69) is 35.5 Å². The number of hydrogen-bond donors (Lipinski definition) is 1. The molecular weight excluding hydrogens is 246 g/mol. The Morgan fingerprint density at radius 3 is 2.85 bits per heavy atom. The second-order valence-corrected chi connectivity index (χ2v) is 6.28. The number of nitrogens with one attached hydrogen (secondary N) is 1. The second-order valence-electron chi connectivity index (χ2n) is 6.28. The van der Waals surface area contributed by atoms with Gasteiger partial charge in [-0.3, -0.25) is 4.98 Å². The molecular formula is C17H27N3. The van der Waals surface area contributed by atoms with E-state index in [1.54, 1.807) is 0 Å². The third-order valence-corrected chi connectivity index (χ3v) is 5.21. The van der Waals surface area contributed by atoms with Crippen molar-refractivity contribution >= 4 is 5.69 Å². The van der Waals surface area contributed by atoms with E-state index < -0.39 is 0 Å². The van der Waals surface area contributed by atoms with E-state index in [1.807, 2.05) is 7.05 Å². The van der Waals surface area contributed by atoms with E-state index >= 15 is 0 Å². The molecule has 3 atom stereocenters. The SMILES string of the molecule is CCC(NC)c1ccc(N2CCCC3CCCC32)cn1. The summed E-state index contributed by atoms with van der Waals surface area (Å²) in [5.41, 5.74) is 2.50. The molecule has 1 aromatic rings. The molecule has 3 unspecified atom stereocenters. The zero-order chi connectivity index (χ0) is 13.9. The van der Waals surface area contributed by atoms with Crippen LogP contribution in [-0.4, -0.2) is 24.6 Å². The maximum absolute atomic E-state index is 4.71. The summed E-state index contributed by atoms with van der Waals surface area (Å²) in [6.45, 7) is 3.41. The minimum atomic E-state index is 0.379. The van der Waals surface area contributed by atoms with Crippen LogP contribution in [0.5, 0.6) is 0 Å². The highest BCUT2D eigenvalue weighted by atomic mass is 15.2. The van der Waals surface area contributed by atoms with E-state index in [0.717, 1.165) is 18.4 Å². The van der Waals surface area contributed by atoms with E-state index in [-0.39, 0.29) is 0 Å². The topological polar surface area (TPSA) is 28.2 Å². The fraction of sp³-hybridized carbons (Fsp3) is 0.706. The van der Waals surface area contributed by atoms with Gasteiger partial charge >= 0.3 is 0 Å². The fourth-order valence-electron chi connectivity index (χ4n) is 4.11. The Hall–Kier alpha value is -1.09. The van der Waals surface area contributed by atoms with Crippen molar-refractivity contribution in [1.29, 1.82) is 0 Å². The van der Waals surface area contributed by atoms with Gasteiger partial charge in [0.15, 0.2) is 0 Å². The summed E-state index contributed by atoms with van der Waals surface area (Å²) in [6.07, 6.45) is 10.2. The normalized spacial score (nSPS) is 27.4. The first-order valence-corrected chi connectivity index (χ1v) is 8.23. The maximum Gasteiger partial charge on any atom is 0.0574 e. The highest BCUT2D eigenvalue weighted by molar-refractivity contribution is 5.47. The molecule has 1 aliphatic heterocycles. The van der Waals surface area contributed by atoms with Crippen molar-refractivity contribution in [3.8, 4) is 0 Å². The minimum absolute atomic E-state index is 0.379. The van der Waals surface area contributed by atoms with Gasteiger partial charge in [-0.1, -0.05) is 13.3 Å². The number of piperidine rings is 1. The Kier molecular flexibility index (Phi) is 4.25. The first kappa shape index (κ1) is 13.9. The molecule has 1 aromatic heterocycles. The van der Waals surface area contributed by atoms with E-state index in [0.29, 0.717) is 6.04 Å². The van der Waals surface area contributed by atoms with Gasteiger partial charge in [0.05, 0.1) is 17.6 Å². The molecule has 0 aromatic carbocycles. The summed E-state index contributed by atoms with van der Waals surface area (Å²) < 4.78 is 0. The lowest BCUT2D eigenvalue weighted by Gasteiger charge is -2.39. The van der Waals surface area contributed by atoms with Crippen molar-refractivity contribution < 1.29 is 0 Å². The van der Waals surface area contributed by atoms with Crippen LogP contribution < -0.4 is 10.2 Å². The van der Waals surface area contributed by atoms with Crippen LogP contribution in [0.4, 0.5) is 5.69 Å². The molecule has 0 spiro atoms. The molecule has 110 valence electrons. The molecule has 2 fully saturated rings. The van der Waals surface area contributed by atoms with Gasteiger partial charge in [0.2, 0.25) is 0 Å². The van der Waals surface area contributed by atoms with E-state index in [9.17, 15) is 0 Å². The van der Waals surface area contributed by atoms with Crippen molar-refractivity contribution in [3.63, 3.8) is 0 Å². The van der Waals surface area contributed by atoms with Gasteiger partial charge in [-0.05, 0) is 57.2 Å². The van der Waals surface area contributed by atoms with Gasteiger partial charge < -0.3 is 10.2 Å². The molecule has 1 aliphatic carbocycles. The standard InChI is InChI=1S/C17H27N3/c1-3-15(18-2)16-10-9-14(12-19-16)20-11-5-7-13-6-4-8-17(13)20/h9-10,12-13,15,17-18H,3-8,11H2,1-2H3. The van der Waals surface area contributed by atoms with Gasteiger partial charge in [-0.2, -0.15) is 0 Å². The molecule has 3 rings (SSSR count). The smallest absolute Gasteiger partial charge is 0.0574 e. The lowest BCUT2D eigenvalue weighted by molar-refractivity contribution is 0.362. The fourth-order valence-corrected chi connectivity index (χ4v) is 4.11. The predicted octanol–water partition coefficient (Wildman–Crippen LogP) is 3.52. The van der Waals surface area contributed by atoms with Crippen LogP contribution in [0.15, 0.2) is 18.3 Å². The molecule has 2 heterocycles. The zero-order valence-electron chi connectivity index (χ0n) is 12.8. The molecule has 0 amide bonds. The largest absolute Gasteiger partial charge is 0.367 e. The number of fused-ring (bicyclic) bond motifs is 1.